The number of nitro benzene ring substituents is 1. The highest BCUT2D eigenvalue weighted by atomic mass is 19.1. The van der Waals surface area contributed by atoms with Crippen molar-refractivity contribution in [3.63, 3.8) is 0 Å². The van der Waals surface area contributed by atoms with E-state index >= 15 is 0 Å². The molecule has 126 valence electrons. The summed E-state index contributed by atoms with van der Waals surface area (Å²) in [6.07, 6.45) is 0. The molecule has 0 saturated heterocycles. The third-order valence-electron chi connectivity index (χ3n) is 3.13. The Morgan fingerprint density at radius 2 is 2.00 bits per heavy atom. The van der Waals surface area contributed by atoms with Gasteiger partial charge < -0.3 is 14.8 Å². The molecule has 0 saturated carbocycles. The average molecular weight is 334 g/mol. The Kier molecular flexibility index (Phi) is 5.31. The number of carbonyl (C=O) groups excluding carboxylic acids is 1. The number of benzene rings is 2. The van der Waals surface area contributed by atoms with Crippen LogP contribution in [0.2, 0.25) is 0 Å². The highest BCUT2D eigenvalue weighted by Crippen LogP contribution is 2.30. The van der Waals surface area contributed by atoms with Crippen molar-refractivity contribution in [1.82, 2.24) is 0 Å². The minimum Gasteiger partial charge on any atom is -0.493 e. The first-order chi connectivity index (χ1) is 11.5. The number of ether oxygens (including phenoxy) is 2. The average Bonchev–Trinajstić information content (AvgIpc) is 2.56. The summed E-state index contributed by atoms with van der Waals surface area (Å²) in [4.78, 5) is 22.0. The van der Waals surface area contributed by atoms with Gasteiger partial charge in [-0.2, -0.15) is 4.39 Å². The first-order valence-electron chi connectivity index (χ1n) is 7.02. The highest BCUT2D eigenvalue weighted by molar-refractivity contribution is 6.04. The molecule has 2 aromatic carbocycles. The lowest BCUT2D eigenvalue weighted by atomic mass is 10.1. The Morgan fingerprint density at radius 3 is 2.62 bits per heavy atom. The molecule has 0 aliphatic carbocycles. The molecule has 8 heteroatoms. The van der Waals surface area contributed by atoms with Crippen molar-refractivity contribution in [3.05, 3.63) is 57.9 Å². The number of nitro groups is 1. The summed E-state index contributed by atoms with van der Waals surface area (Å²) in [5.41, 5.74) is -0.379. The van der Waals surface area contributed by atoms with E-state index in [-0.39, 0.29) is 5.56 Å². The lowest BCUT2D eigenvalue weighted by molar-refractivity contribution is -0.387. The van der Waals surface area contributed by atoms with E-state index in [4.69, 9.17) is 9.47 Å². The van der Waals surface area contributed by atoms with Gasteiger partial charge in [0.2, 0.25) is 5.82 Å². The van der Waals surface area contributed by atoms with Crippen LogP contribution in [-0.4, -0.2) is 24.5 Å². The van der Waals surface area contributed by atoms with Crippen molar-refractivity contribution in [3.8, 4) is 11.5 Å². The van der Waals surface area contributed by atoms with Crippen molar-refractivity contribution < 1.29 is 23.6 Å². The van der Waals surface area contributed by atoms with Gasteiger partial charge in [0.15, 0.2) is 11.5 Å². The van der Waals surface area contributed by atoms with E-state index in [9.17, 15) is 19.3 Å². The number of carbonyl (C=O) groups is 1. The summed E-state index contributed by atoms with van der Waals surface area (Å²) >= 11 is 0. The fraction of sp³-hybridized carbons (Fsp3) is 0.188. The maximum absolute atomic E-state index is 13.3. The molecule has 0 unspecified atom stereocenters. The van der Waals surface area contributed by atoms with E-state index in [0.717, 1.165) is 12.1 Å². The van der Waals surface area contributed by atoms with Crippen molar-refractivity contribution in [1.29, 1.82) is 0 Å². The zero-order chi connectivity index (χ0) is 17.7. The monoisotopic (exact) mass is 334 g/mol. The molecule has 7 nitrogen and oxygen atoms in total. The first kappa shape index (κ1) is 17.2. The van der Waals surface area contributed by atoms with Crippen molar-refractivity contribution in [2.45, 2.75) is 6.92 Å². The van der Waals surface area contributed by atoms with Gasteiger partial charge in [0.25, 0.3) is 5.91 Å². The predicted octanol–water partition coefficient (Wildman–Crippen LogP) is 3.39. The number of amides is 1. The highest BCUT2D eigenvalue weighted by Gasteiger charge is 2.18. The lowest BCUT2D eigenvalue weighted by Crippen LogP contribution is -2.12. The summed E-state index contributed by atoms with van der Waals surface area (Å²) in [5, 5.41) is 13.3. The van der Waals surface area contributed by atoms with Gasteiger partial charge in [0.1, 0.15) is 0 Å². The van der Waals surface area contributed by atoms with Crippen LogP contribution in [0.4, 0.5) is 15.8 Å². The predicted molar refractivity (Wildman–Crippen MR) is 85.2 cm³/mol. The molecular weight excluding hydrogens is 319 g/mol. The Hall–Kier alpha value is -3.16. The maximum Gasteiger partial charge on any atom is 0.305 e. The summed E-state index contributed by atoms with van der Waals surface area (Å²) in [5.74, 6) is -0.654. The molecule has 0 radical (unpaired) electrons. The number of nitrogens with zero attached hydrogens (tertiary/aromatic N) is 1. The van der Waals surface area contributed by atoms with Crippen LogP contribution in [0.15, 0.2) is 36.4 Å². The molecule has 2 rings (SSSR count). The molecule has 1 amide bonds. The van der Waals surface area contributed by atoms with Crippen LogP contribution in [0.5, 0.6) is 11.5 Å². The smallest absolute Gasteiger partial charge is 0.305 e. The molecule has 0 atom stereocenters. The van der Waals surface area contributed by atoms with E-state index in [2.05, 4.69) is 5.32 Å². The van der Waals surface area contributed by atoms with Crippen LogP contribution in [0.25, 0.3) is 0 Å². The molecule has 0 heterocycles. The van der Waals surface area contributed by atoms with Gasteiger partial charge in [-0.1, -0.05) is 0 Å². The summed E-state index contributed by atoms with van der Waals surface area (Å²) in [7, 11) is 1.47. The van der Waals surface area contributed by atoms with E-state index in [1.165, 1.54) is 13.2 Å². The fourth-order valence-electron chi connectivity index (χ4n) is 2.02. The largest absolute Gasteiger partial charge is 0.493 e. The van der Waals surface area contributed by atoms with Crippen molar-refractivity contribution in [2.24, 2.45) is 0 Å². The molecule has 2 aromatic rings. The van der Waals surface area contributed by atoms with Crippen molar-refractivity contribution >= 4 is 17.3 Å². The molecule has 0 aliphatic rings. The molecule has 0 spiro atoms. The Morgan fingerprint density at radius 1 is 1.25 bits per heavy atom. The fourth-order valence-corrected chi connectivity index (χ4v) is 2.02. The van der Waals surface area contributed by atoms with Gasteiger partial charge >= 0.3 is 5.69 Å². The van der Waals surface area contributed by atoms with Gasteiger partial charge in [0, 0.05) is 23.4 Å². The normalized spacial score (nSPS) is 10.1. The van der Waals surface area contributed by atoms with E-state index in [1.807, 2.05) is 6.92 Å². The lowest BCUT2D eigenvalue weighted by Gasteiger charge is -2.11. The van der Waals surface area contributed by atoms with Crippen LogP contribution in [-0.2, 0) is 0 Å². The van der Waals surface area contributed by atoms with E-state index in [0.29, 0.717) is 23.8 Å². The van der Waals surface area contributed by atoms with Crippen LogP contribution >= 0.6 is 0 Å². The third-order valence-corrected chi connectivity index (χ3v) is 3.13. The van der Waals surface area contributed by atoms with Gasteiger partial charge in [-0.15, -0.1) is 0 Å². The number of hydrogen-bond donors (Lipinski definition) is 1. The van der Waals surface area contributed by atoms with Crippen LogP contribution in [0.1, 0.15) is 17.3 Å². The Balaban J connectivity index is 2.23. The molecule has 0 bridgehead atoms. The number of rotatable bonds is 6. The summed E-state index contributed by atoms with van der Waals surface area (Å²) in [6, 6.07) is 7.72. The topological polar surface area (TPSA) is 90.7 Å². The van der Waals surface area contributed by atoms with Crippen LogP contribution in [0, 0.1) is 15.9 Å². The second-order valence-corrected chi connectivity index (χ2v) is 4.68. The van der Waals surface area contributed by atoms with Gasteiger partial charge in [-0.3, -0.25) is 14.9 Å². The summed E-state index contributed by atoms with van der Waals surface area (Å²) < 4.78 is 23.9. The summed E-state index contributed by atoms with van der Waals surface area (Å²) in [6.45, 7) is 2.29. The molecule has 24 heavy (non-hydrogen) atoms. The number of nitrogens with one attached hydrogen (secondary N) is 1. The van der Waals surface area contributed by atoms with Gasteiger partial charge in [-0.25, -0.2) is 0 Å². The number of methoxy groups -OCH3 is 1. The Bertz CT molecular complexity index is 779. The number of hydrogen-bond acceptors (Lipinski definition) is 5. The first-order valence-corrected chi connectivity index (χ1v) is 7.02. The molecule has 1 N–H and O–H groups in total. The van der Waals surface area contributed by atoms with Crippen LogP contribution in [0.3, 0.4) is 0 Å². The Labute approximate surface area is 137 Å². The van der Waals surface area contributed by atoms with Gasteiger partial charge in [0.05, 0.1) is 18.6 Å². The quantitative estimate of drug-likeness (QED) is 0.646. The SMILES string of the molecule is CCOc1ccc(NC(=O)c2ccc(F)c([N+](=O)[O-])c2)cc1OC. The minimum atomic E-state index is -1.00. The second kappa shape index (κ2) is 7.40. The van der Waals surface area contributed by atoms with Crippen LogP contribution < -0.4 is 14.8 Å². The number of anilines is 1. The zero-order valence-corrected chi connectivity index (χ0v) is 13.0. The minimum absolute atomic E-state index is 0.0315. The maximum atomic E-state index is 13.3. The molecule has 0 aromatic heterocycles. The van der Waals surface area contributed by atoms with Gasteiger partial charge in [-0.05, 0) is 31.2 Å². The molecular formula is C16H15FN2O5. The third kappa shape index (κ3) is 3.78. The van der Waals surface area contributed by atoms with E-state index in [1.54, 1.807) is 18.2 Å². The van der Waals surface area contributed by atoms with Crippen molar-refractivity contribution in [2.75, 3.05) is 19.0 Å². The second-order valence-electron chi connectivity index (χ2n) is 4.68. The number of halogens is 1. The zero-order valence-electron chi connectivity index (χ0n) is 13.0. The molecule has 0 aliphatic heterocycles. The van der Waals surface area contributed by atoms with E-state index < -0.39 is 22.3 Å². The molecule has 0 fully saturated rings. The standard InChI is InChI=1S/C16H15FN2O5/c1-3-24-14-7-5-11(9-15(14)23-2)18-16(20)10-4-6-12(17)13(8-10)19(21)22/h4-9H,3H2,1-2H3,(H,18,20).